The standard InChI is InChI=1S/C22H24F3N5O/c1-3-15(2)28-21-29-19(16-7-6-9-18(13-16)31-22(23,24)25)14-20(30-21)27-12-10-17-8-4-5-11-26-17/h4-9,11,13-15H,3,10,12H2,1-2H3,(H2,27,28,29,30)/t15-/m0/s1. The van der Waals surface area contributed by atoms with Crippen LogP contribution in [0.5, 0.6) is 5.75 Å². The van der Waals surface area contributed by atoms with Crippen molar-refractivity contribution < 1.29 is 17.9 Å². The molecule has 9 heteroatoms. The summed E-state index contributed by atoms with van der Waals surface area (Å²) in [6.45, 7) is 4.63. The van der Waals surface area contributed by atoms with E-state index < -0.39 is 6.36 Å². The van der Waals surface area contributed by atoms with E-state index in [9.17, 15) is 13.2 Å². The maximum absolute atomic E-state index is 12.6. The molecule has 2 aromatic heterocycles. The molecule has 2 N–H and O–H groups in total. The molecule has 1 aromatic carbocycles. The van der Waals surface area contributed by atoms with E-state index >= 15 is 0 Å². The summed E-state index contributed by atoms with van der Waals surface area (Å²) in [5, 5.41) is 6.46. The van der Waals surface area contributed by atoms with Crippen LogP contribution in [0, 0.1) is 0 Å². The maximum Gasteiger partial charge on any atom is 0.573 e. The third-order valence-corrected chi connectivity index (χ3v) is 4.49. The molecule has 0 aliphatic carbocycles. The van der Waals surface area contributed by atoms with Gasteiger partial charge in [-0.1, -0.05) is 25.1 Å². The highest BCUT2D eigenvalue weighted by Gasteiger charge is 2.31. The third-order valence-electron chi connectivity index (χ3n) is 4.49. The fraction of sp³-hybridized carbons (Fsp3) is 0.318. The van der Waals surface area contributed by atoms with E-state index in [4.69, 9.17) is 0 Å². The number of halogens is 3. The Morgan fingerprint density at radius 2 is 1.90 bits per heavy atom. The second-order valence-electron chi connectivity index (χ2n) is 6.99. The van der Waals surface area contributed by atoms with Gasteiger partial charge in [-0.15, -0.1) is 13.2 Å². The van der Waals surface area contributed by atoms with Crippen LogP contribution in [0.3, 0.4) is 0 Å². The molecule has 0 spiro atoms. The van der Waals surface area contributed by atoms with Crippen LogP contribution in [0.4, 0.5) is 24.9 Å². The van der Waals surface area contributed by atoms with Crippen LogP contribution < -0.4 is 15.4 Å². The number of benzene rings is 1. The van der Waals surface area contributed by atoms with Crippen LogP contribution in [0.25, 0.3) is 11.3 Å². The number of hydrogen-bond donors (Lipinski definition) is 2. The van der Waals surface area contributed by atoms with Gasteiger partial charge in [0.1, 0.15) is 11.6 Å². The topological polar surface area (TPSA) is 72.0 Å². The molecule has 6 nitrogen and oxygen atoms in total. The van der Waals surface area contributed by atoms with E-state index in [2.05, 4.69) is 30.3 Å². The van der Waals surface area contributed by atoms with Gasteiger partial charge in [0.2, 0.25) is 5.95 Å². The third kappa shape index (κ3) is 7.13. The summed E-state index contributed by atoms with van der Waals surface area (Å²) in [7, 11) is 0. The van der Waals surface area contributed by atoms with Crippen molar-refractivity contribution in [3.63, 3.8) is 0 Å². The van der Waals surface area contributed by atoms with E-state index in [1.54, 1.807) is 18.3 Å². The number of nitrogens with one attached hydrogen (secondary N) is 2. The second kappa shape index (κ2) is 10.1. The van der Waals surface area contributed by atoms with E-state index in [1.165, 1.54) is 18.2 Å². The van der Waals surface area contributed by atoms with Gasteiger partial charge in [-0.3, -0.25) is 4.98 Å². The first kappa shape index (κ1) is 22.3. The average molecular weight is 431 g/mol. The number of anilines is 2. The van der Waals surface area contributed by atoms with E-state index in [0.717, 1.165) is 12.1 Å². The summed E-state index contributed by atoms with van der Waals surface area (Å²) >= 11 is 0. The summed E-state index contributed by atoms with van der Waals surface area (Å²) in [6.07, 6.45) is -1.46. The summed E-state index contributed by atoms with van der Waals surface area (Å²) in [4.78, 5) is 13.3. The van der Waals surface area contributed by atoms with Crippen molar-refractivity contribution in [3.05, 3.63) is 60.4 Å². The lowest BCUT2D eigenvalue weighted by Gasteiger charge is -2.15. The van der Waals surface area contributed by atoms with Gasteiger partial charge >= 0.3 is 6.36 Å². The smallest absolute Gasteiger partial charge is 0.406 e. The first-order valence-electron chi connectivity index (χ1n) is 9.98. The van der Waals surface area contributed by atoms with Crippen molar-refractivity contribution in [3.8, 4) is 17.0 Å². The quantitative estimate of drug-likeness (QED) is 0.479. The normalized spacial score (nSPS) is 12.3. The largest absolute Gasteiger partial charge is 0.573 e. The van der Waals surface area contributed by atoms with Gasteiger partial charge in [0.05, 0.1) is 5.69 Å². The molecule has 0 aliphatic heterocycles. The maximum atomic E-state index is 12.6. The van der Waals surface area contributed by atoms with Gasteiger partial charge in [-0.2, -0.15) is 4.98 Å². The molecular formula is C22H24F3N5O. The van der Waals surface area contributed by atoms with Gasteiger partial charge in [0.15, 0.2) is 0 Å². The first-order chi connectivity index (χ1) is 14.8. The SMILES string of the molecule is CC[C@H](C)Nc1nc(NCCc2ccccn2)cc(-c2cccc(OC(F)(F)F)c2)n1. The van der Waals surface area contributed by atoms with Crippen molar-refractivity contribution in [2.45, 2.75) is 39.1 Å². The minimum atomic E-state index is -4.76. The molecule has 0 fully saturated rings. The van der Waals surface area contributed by atoms with E-state index in [0.29, 0.717) is 36.0 Å². The van der Waals surface area contributed by atoms with E-state index in [-0.39, 0.29) is 11.8 Å². The number of ether oxygens (including phenoxy) is 1. The highest BCUT2D eigenvalue weighted by atomic mass is 19.4. The molecular weight excluding hydrogens is 407 g/mol. The predicted octanol–water partition coefficient (Wildman–Crippen LogP) is 5.30. The molecule has 0 bridgehead atoms. The Kier molecular flexibility index (Phi) is 7.28. The Morgan fingerprint density at radius 3 is 2.61 bits per heavy atom. The number of rotatable bonds is 9. The lowest BCUT2D eigenvalue weighted by Crippen LogP contribution is -2.17. The van der Waals surface area contributed by atoms with Crippen LogP contribution in [0.15, 0.2) is 54.7 Å². The second-order valence-corrected chi connectivity index (χ2v) is 6.99. The average Bonchev–Trinajstić information content (AvgIpc) is 2.73. The van der Waals surface area contributed by atoms with Crippen molar-refractivity contribution in [1.29, 1.82) is 0 Å². The van der Waals surface area contributed by atoms with Crippen molar-refractivity contribution >= 4 is 11.8 Å². The molecule has 0 radical (unpaired) electrons. The molecule has 0 amide bonds. The molecule has 0 saturated heterocycles. The summed E-state index contributed by atoms with van der Waals surface area (Å²) in [6, 6.07) is 13.3. The van der Waals surface area contributed by atoms with Gasteiger partial charge in [0.25, 0.3) is 0 Å². The zero-order chi connectivity index (χ0) is 22.3. The van der Waals surface area contributed by atoms with Gasteiger partial charge in [-0.25, -0.2) is 4.98 Å². The highest BCUT2D eigenvalue weighted by Crippen LogP contribution is 2.28. The number of hydrogen-bond acceptors (Lipinski definition) is 6. The number of pyridine rings is 1. The molecule has 1 atom stereocenters. The first-order valence-corrected chi connectivity index (χ1v) is 9.98. The molecule has 0 aliphatic rings. The Bertz CT molecular complexity index is 982. The minimum absolute atomic E-state index is 0.136. The van der Waals surface area contributed by atoms with Crippen molar-refractivity contribution in [2.24, 2.45) is 0 Å². The molecule has 31 heavy (non-hydrogen) atoms. The number of aromatic nitrogens is 3. The minimum Gasteiger partial charge on any atom is -0.406 e. The van der Waals surface area contributed by atoms with Crippen molar-refractivity contribution in [2.75, 3.05) is 17.2 Å². The van der Waals surface area contributed by atoms with Gasteiger partial charge in [-0.05, 0) is 37.6 Å². The van der Waals surface area contributed by atoms with Crippen LogP contribution in [-0.4, -0.2) is 33.9 Å². The predicted molar refractivity (Wildman–Crippen MR) is 114 cm³/mol. The number of alkyl halides is 3. The van der Waals surface area contributed by atoms with Gasteiger partial charge < -0.3 is 15.4 Å². The molecule has 3 aromatic rings. The highest BCUT2D eigenvalue weighted by molar-refractivity contribution is 5.66. The Balaban J connectivity index is 1.84. The molecule has 0 unspecified atom stereocenters. The summed E-state index contributed by atoms with van der Waals surface area (Å²) < 4.78 is 41.8. The fourth-order valence-electron chi connectivity index (χ4n) is 2.79. The molecule has 3 rings (SSSR count). The van der Waals surface area contributed by atoms with Crippen LogP contribution in [0.2, 0.25) is 0 Å². The lowest BCUT2D eigenvalue weighted by atomic mass is 10.1. The molecule has 0 saturated carbocycles. The van der Waals surface area contributed by atoms with Crippen LogP contribution >= 0.6 is 0 Å². The zero-order valence-electron chi connectivity index (χ0n) is 17.3. The number of nitrogens with zero attached hydrogens (tertiary/aromatic N) is 3. The Morgan fingerprint density at radius 1 is 1.06 bits per heavy atom. The van der Waals surface area contributed by atoms with Crippen LogP contribution in [-0.2, 0) is 6.42 Å². The fourth-order valence-corrected chi connectivity index (χ4v) is 2.79. The van der Waals surface area contributed by atoms with E-state index in [1.807, 2.05) is 32.0 Å². The van der Waals surface area contributed by atoms with Crippen LogP contribution in [0.1, 0.15) is 26.0 Å². The Hall–Kier alpha value is -3.36. The lowest BCUT2D eigenvalue weighted by molar-refractivity contribution is -0.274. The molecule has 2 heterocycles. The molecule has 164 valence electrons. The Labute approximate surface area is 178 Å². The monoisotopic (exact) mass is 431 g/mol. The summed E-state index contributed by atoms with van der Waals surface area (Å²) in [5.41, 5.74) is 1.91. The van der Waals surface area contributed by atoms with Crippen molar-refractivity contribution in [1.82, 2.24) is 15.0 Å². The van der Waals surface area contributed by atoms with Gasteiger partial charge in [0, 0.05) is 42.5 Å². The zero-order valence-corrected chi connectivity index (χ0v) is 17.3. The summed E-state index contributed by atoms with van der Waals surface area (Å²) in [5.74, 6) is 0.660.